The number of benzene rings is 2. The minimum absolute atomic E-state index is 0.0492. The Morgan fingerprint density at radius 2 is 1.49 bits per heavy atom. The summed E-state index contributed by atoms with van der Waals surface area (Å²) in [4.78, 5) is 63.4. The van der Waals surface area contributed by atoms with Gasteiger partial charge in [-0.05, 0) is 70.5 Å². The van der Waals surface area contributed by atoms with Crippen LogP contribution in [0.15, 0.2) is 48.6 Å². The number of amides is 4. The Hall–Kier alpha value is -6.93. The second-order valence-corrected chi connectivity index (χ2v) is 14.5. The van der Waals surface area contributed by atoms with Crippen LogP contribution in [0.25, 0.3) is 22.1 Å². The van der Waals surface area contributed by atoms with E-state index in [2.05, 4.69) is 35.7 Å². The number of aromatic nitrogens is 8. The zero-order valence-electron chi connectivity index (χ0n) is 34.4. The van der Waals surface area contributed by atoms with Crippen LogP contribution in [0.3, 0.4) is 0 Å². The van der Waals surface area contributed by atoms with Crippen LogP contribution in [-0.2, 0) is 30.9 Å². The molecule has 0 bridgehead atoms. The summed E-state index contributed by atoms with van der Waals surface area (Å²) in [5.41, 5.74) is 14.4. The predicted octanol–water partition coefficient (Wildman–Crippen LogP) is 3.63. The molecule has 6 N–H and O–H groups in total. The molecule has 20 heteroatoms. The van der Waals surface area contributed by atoms with Gasteiger partial charge >= 0.3 is 0 Å². The first kappa shape index (κ1) is 42.2. The first-order valence-corrected chi connectivity index (χ1v) is 20.0. The smallest absolute Gasteiger partial charge is 0.279 e. The highest BCUT2D eigenvalue weighted by molar-refractivity contribution is 6.05. The zero-order chi connectivity index (χ0) is 43.4. The van der Waals surface area contributed by atoms with Crippen molar-refractivity contribution in [1.82, 2.24) is 43.6 Å². The number of nitrogens with zero attached hydrogens (tertiary/aromatic N) is 9. The molecule has 0 unspecified atom stereocenters. The van der Waals surface area contributed by atoms with Crippen molar-refractivity contribution in [2.45, 2.75) is 60.3 Å². The van der Waals surface area contributed by atoms with Gasteiger partial charge in [-0.1, -0.05) is 12.2 Å². The third kappa shape index (κ3) is 8.99. The number of hydrogen-bond donors (Lipinski definition) is 4. The van der Waals surface area contributed by atoms with Gasteiger partial charge in [-0.25, -0.2) is 14.4 Å². The maximum Gasteiger partial charge on any atom is 0.279 e. The molecule has 19 nitrogen and oxygen atoms in total. The molecular formula is C41H48FN13O6. The molecule has 1 saturated heterocycles. The van der Waals surface area contributed by atoms with Crippen LogP contribution in [0.2, 0.25) is 0 Å². The van der Waals surface area contributed by atoms with Crippen LogP contribution in [0.1, 0.15) is 73.3 Å². The van der Waals surface area contributed by atoms with Gasteiger partial charge in [0.05, 0.1) is 47.8 Å². The van der Waals surface area contributed by atoms with Crippen LogP contribution < -0.4 is 26.8 Å². The number of nitrogens with one attached hydrogen (secondary N) is 2. The Morgan fingerprint density at radius 1 is 0.836 bits per heavy atom. The highest BCUT2D eigenvalue weighted by atomic mass is 19.1. The Bertz CT molecular complexity index is 2670. The summed E-state index contributed by atoms with van der Waals surface area (Å²) in [5.74, 6) is -2.70. The topological polar surface area (TPSA) is 237 Å². The number of aryl methyl sites for hydroxylation is 4. The number of hydrogen-bond acceptors (Lipinski definition) is 11. The SMILES string of the molecule is CCn1nc(C)cc1C(=O)Nc1nc2cc(C(N)=O)ccc2n1CC=CCn1c(NC(=O)c2c(F)c(C)nn2CC)nc2cc(C(N)=O)cc(OCCCN3CCOCC3)c21. The van der Waals surface area contributed by atoms with Crippen molar-refractivity contribution >= 4 is 57.6 Å². The molecule has 0 aliphatic carbocycles. The van der Waals surface area contributed by atoms with Crippen LogP contribution in [0.4, 0.5) is 16.3 Å². The Kier molecular flexibility index (Phi) is 12.5. The van der Waals surface area contributed by atoms with E-state index in [4.69, 9.17) is 20.9 Å². The number of halogens is 1. The molecule has 5 heterocycles. The molecule has 0 saturated carbocycles. The van der Waals surface area contributed by atoms with Gasteiger partial charge in [-0.15, -0.1) is 0 Å². The Balaban J connectivity index is 1.23. The molecule has 2 aromatic carbocycles. The zero-order valence-corrected chi connectivity index (χ0v) is 34.4. The summed E-state index contributed by atoms with van der Waals surface area (Å²) in [6.07, 6.45) is 4.32. The Morgan fingerprint density at radius 3 is 2.20 bits per heavy atom. The predicted molar refractivity (Wildman–Crippen MR) is 224 cm³/mol. The van der Waals surface area contributed by atoms with E-state index in [-0.39, 0.29) is 54.0 Å². The number of rotatable bonds is 17. The molecule has 6 aromatic rings. The third-order valence-corrected chi connectivity index (χ3v) is 10.3. The van der Waals surface area contributed by atoms with Crippen molar-refractivity contribution in [3.05, 3.63) is 88.3 Å². The molecule has 1 aliphatic heterocycles. The lowest BCUT2D eigenvalue weighted by atomic mass is 10.1. The molecular weight excluding hydrogens is 790 g/mol. The van der Waals surface area contributed by atoms with E-state index in [0.29, 0.717) is 72.0 Å². The summed E-state index contributed by atoms with van der Waals surface area (Å²) in [7, 11) is 0. The van der Waals surface area contributed by atoms with Gasteiger partial charge in [-0.3, -0.25) is 44.1 Å². The second kappa shape index (κ2) is 18.1. The molecule has 0 radical (unpaired) electrons. The molecule has 1 aliphatic rings. The Labute approximate surface area is 349 Å². The minimum atomic E-state index is -0.774. The number of carbonyl (C=O) groups is 4. The van der Waals surface area contributed by atoms with Crippen molar-refractivity contribution in [3.63, 3.8) is 0 Å². The normalized spacial score (nSPS) is 13.4. The highest BCUT2D eigenvalue weighted by Gasteiger charge is 2.26. The van der Waals surface area contributed by atoms with Crippen molar-refractivity contribution in [2.75, 3.05) is 50.1 Å². The molecule has 7 rings (SSSR count). The average molecular weight is 838 g/mol. The number of fused-ring (bicyclic) bond motifs is 2. The van der Waals surface area contributed by atoms with Crippen molar-refractivity contribution in [2.24, 2.45) is 11.5 Å². The van der Waals surface area contributed by atoms with E-state index in [9.17, 15) is 19.2 Å². The summed E-state index contributed by atoms with van der Waals surface area (Å²) in [5, 5.41) is 14.2. The maximum atomic E-state index is 15.3. The minimum Gasteiger partial charge on any atom is -0.491 e. The van der Waals surface area contributed by atoms with Crippen molar-refractivity contribution in [1.29, 1.82) is 0 Å². The number of ether oxygens (including phenoxy) is 2. The summed E-state index contributed by atoms with van der Waals surface area (Å²) >= 11 is 0. The maximum absolute atomic E-state index is 15.3. The van der Waals surface area contributed by atoms with Crippen LogP contribution >= 0.6 is 0 Å². The lowest BCUT2D eigenvalue weighted by Crippen LogP contribution is -2.37. The highest BCUT2D eigenvalue weighted by Crippen LogP contribution is 2.32. The monoisotopic (exact) mass is 837 g/mol. The molecule has 61 heavy (non-hydrogen) atoms. The van der Waals surface area contributed by atoms with Crippen LogP contribution in [0.5, 0.6) is 5.75 Å². The summed E-state index contributed by atoms with van der Waals surface area (Å²) in [6.45, 7) is 12.0. The number of morpholine rings is 1. The van der Waals surface area contributed by atoms with Gasteiger partial charge in [0.25, 0.3) is 11.8 Å². The second-order valence-electron chi connectivity index (χ2n) is 14.5. The number of imidazole rings is 2. The molecule has 0 spiro atoms. The fourth-order valence-electron chi connectivity index (χ4n) is 7.27. The lowest BCUT2D eigenvalue weighted by Gasteiger charge is -2.26. The van der Waals surface area contributed by atoms with Crippen molar-refractivity contribution < 1.29 is 33.0 Å². The van der Waals surface area contributed by atoms with Crippen LogP contribution in [0, 0.1) is 19.7 Å². The van der Waals surface area contributed by atoms with E-state index >= 15 is 4.39 Å². The molecule has 1 fully saturated rings. The number of primary amides is 2. The third-order valence-electron chi connectivity index (χ3n) is 10.3. The van der Waals surface area contributed by atoms with Crippen molar-refractivity contribution in [3.8, 4) is 5.75 Å². The van der Waals surface area contributed by atoms with E-state index in [0.717, 1.165) is 19.6 Å². The van der Waals surface area contributed by atoms with E-state index in [1.54, 1.807) is 58.0 Å². The lowest BCUT2D eigenvalue weighted by molar-refractivity contribution is 0.0358. The van der Waals surface area contributed by atoms with E-state index in [1.165, 1.54) is 17.7 Å². The summed E-state index contributed by atoms with van der Waals surface area (Å²) in [6, 6.07) is 9.57. The van der Waals surface area contributed by atoms with Gasteiger partial charge in [0.15, 0.2) is 11.5 Å². The number of carbonyl (C=O) groups excluding carboxylic acids is 4. The number of anilines is 2. The average Bonchev–Trinajstić information content (AvgIpc) is 3.98. The number of nitrogens with two attached hydrogens (primary N) is 2. The largest absolute Gasteiger partial charge is 0.491 e. The van der Waals surface area contributed by atoms with Gasteiger partial charge in [0, 0.05) is 56.9 Å². The fraction of sp³-hybridized carbons (Fsp3) is 0.366. The van der Waals surface area contributed by atoms with Gasteiger partial charge in [-0.2, -0.15) is 10.2 Å². The quantitative estimate of drug-likeness (QED) is 0.0765. The first-order chi connectivity index (χ1) is 29.4. The standard InChI is InChI=1S/C41H48FN13O6/c1-5-54-31(20-24(3)49-54)38(58)47-40-45-28-21-26(36(43)56)10-11-30(28)52(40)13-7-8-14-53-34-29(46-41(53)48-39(59)35-33(42)25(4)50-55(35)6-2)22-27(37(44)57)23-32(34)61-17-9-12-51-15-18-60-19-16-51/h7-8,10-11,20-23H,5-6,9,12-19H2,1-4H3,(H2,43,56)(H2,44,57)(H,45,47,58)(H,46,48,59). The van der Waals surface area contributed by atoms with Crippen LogP contribution in [-0.4, -0.2) is 107 Å². The molecule has 320 valence electrons. The van der Waals surface area contributed by atoms with Gasteiger partial charge in [0.2, 0.25) is 23.7 Å². The van der Waals surface area contributed by atoms with Gasteiger partial charge in [0.1, 0.15) is 17.0 Å². The van der Waals surface area contributed by atoms with E-state index < -0.39 is 29.4 Å². The molecule has 0 atom stereocenters. The molecule has 4 amide bonds. The van der Waals surface area contributed by atoms with Gasteiger partial charge < -0.3 is 30.1 Å². The number of allylic oxidation sites excluding steroid dienone is 2. The molecule has 4 aromatic heterocycles. The first-order valence-electron chi connectivity index (χ1n) is 20.0. The van der Waals surface area contributed by atoms with E-state index in [1.807, 2.05) is 19.1 Å². The summed E-state index contributed by atoms with van der Waals surface area (Å²) < 4.78 is 33.4. The fourth-order valence-corrected chi connectivity index (χ4v) is 7.27.